The smallest absolute Gasteiger partial charge is 0.366 e. The van der Waals surface area contributed by atoms with E-state index in [1.54, 1.807) is 0 Å². The molecule has 7 heteroatoms. The highest BCUT2D eigenvalue weighted by Crippen LogP contribution is 2.32. The van der Waals surface area contributed by atoms with Gasteiger partial charge in [-0.2, -0.15) is 13.2 Å². The van der Waals surface area contributed by atoms with Gasteiger partial charge in [-0.3, -0.25) is 0 Å². The summed E-state index contributed by atoms with van der Waals surface area (Å²) in [6, 6.07) is 1.10. The van der Waals surface area contributed by atoms with Crippen LogP contribution in [0.1, 0.15) is 18.4 Å². The number of alkyl halides is 3. The van der Waals surface area contributed by atoms with E-state index in [2.05, 4.69) is 15.6 Å². The maximum absolute atomic E-state index is 12.4. The van der Waals surface area contributed by atoms with E-state index >= 15 is 0 Å². The van der Waals surface area contributed by atoms with Gasteiger partial charge in [0, 0.05) is 12.2 Å². The van der Waals surface area contributed by atoms with Crippen molar-refractivity contribution in [2.24, 2.45) is 0 Å². The van der Waals surface area contributed by atoms with Crippen LogP contribution < -0.4 is 10.6 Å². The first-order valence-electron chi connectivity index (χ1n) is 5.67. The zero-order valence-corrected chi connectivity index (χ0v) is 10.3. The predicted octanol–water partition coefficient (Wildman–Crippen LogP) is 2.92. The van der Waals surface area contributed by atoms with E-state index < -0.39 is 11.7 Å². The van der Waals surface area contributed by atoms with Crippen LogP contribution in [-0.2, 0) is 6.18 Å². The topological polar surface area (TPSA) is 37.0 Å². The lowest BCUT2D eigenvalue weighted by molar-refractivity contribution is -0.137. The lowest BCUT2D eigenvalue weighted by Gasteiger charge is -2.24. The molecule has 0 bridgehead atoms. The van der Waals surface area contributed by atoms with Crippen LogP contribution in [0.15, 0.2) is 12.3 Å². The highest BCUT2D eigenvalue weighted by molar-refractivity contribution is 6.33. The number of piperidine rings is 1. The molecule has 1 aliphatic rings. The Morgan fingerprint density at radius 3 is 2.56 bits per heavy atom. The molecule has 1 aliphatic heterocycles. The Labute approximate surface area is 108 Å². The van der Waals surface area contributed by atoms with Crippen molar-refractivity contribution in [2.45, 2.75) is 25.1 Å². The van der Waals surface area contributed by atoms with E-state index in [1.807, 2.05) is 0 Å². The Balaban J connectivity index is 2.09. The standard InChI is InChI=1S/C11H13ClF3N3/c12-9-5-7(11(13,14)15)6-17-10(9)18-8-1-3-16-4-2-8/h5-6,8,16H,1-4H2,(H,17,18). The summed E-state index contributed by atoms with van der Waals surface area (Å²) in [6.07, 6.45) is -1.81. The molecule has 1 aromatic heterocycles. The first-order chi connectivity index (χ1) is 8.47. The molecule has 0 amide bonds. The summed E-state index contributed by atoms with van der Waals surface area (Å²) in [4.78, 5) is 3.76. The molecular formula is C11H13ClF3N3. The van der Waals surface area contributed by atoms with Crippen LogP contribution >= 0.6 is 11.6 Å². The molecule has 2 rings (SSSR count). The molecule has 0 spiro atoms. The molecule has 0 unspecified atom stereocenters. The minimum absolute atomic E-state index is 0.00311. The van der Waals surface area contributed by atoms with Crippen LogP contribution in [0.2, 0.25) is 5.02 Å². The number of anilines is 1. The van der Waals surface area contributed by atoms with E-state index in [4.69, 9.17) is 11.6 Å². The highest BCUT2D eigenvalue weighted by atomic mass is 35.5. The van der Waals surface area contributed by atoms with Gasteiger partial charge in [0.05, 0.1) is 10.6 Å². The van der Waals surface area contributed by atoms with Gasteiger partial charge in [0.15, 0.2) is 0 Å². The van der Waals surface area contributed by atoms with Gasteiger partial charge in [-0.05, 0) is 32.0 Å². The fraction of sp³-hybridized carbons (Fsp3) is 0.545. The van der Waals surface area contributed by atoms with E-state index in [0.29, 0.717) is 5.82 Å². The number of hydrogen-bond donors (Lipinski definition) is 2. The summed E-state index contributed by atoms with van der Waals surface area (Å²) in [7, 11) is 0. The zero-order valence-electron chi connectivity index (χ0n) is 9.52. The fourth-order valence-electron chi connectivity index (χ4n) is 1.86. The maximum atomic E-state index is 12.4. The molecule has 18 heavy (non-hydrogen) atoms. The second-order valence-electron chi connectivity index (χ2n) is 4.22. The number of nitrogens with zero attached hydrogens (tertiary/aromatic N) is 1. The summed E-state index contributed by atoms with van der Waals surface area (Å²) in [6.45, 7) is 1.77. The average molecular weight is 280 g/mol. The second-order valence-corrected chi connectivity index (χ2v) is 4.63. The van der Waals surface area contributed by atoms with Gasteiger partial charge in [-0.15, -0.1) is 0 Å². The molecular weight excluding hydrogens is 267 g/mol. The first kappa shape index (κ1) is 13.4. The van der Waals surface area contributed by atoms with Crippen LogP contribution in [0.3, 0.4) is 0 Å². The molecule has 2 N–H and O–H groups in total. The number of rotatable bonds is 2. The van der Waals surface area contributed by atoms with Gasteiger partial charge in [-0.25, -0.2) is 4.98 Å². The van der Waals surface area contributed by atoms with Crippen molar-refractivity contribution in [3.05, 3.63) is 22.8 Å². The maximum Gasteiger partial charge on any atom is 0.417 e. The normalized spacial score (nSPS) is 17.8. The van der Waals surface area contributed by atoms with E-state index in [0.717, 1.165) is 38.2 Å². The van der Waals surface area contributed by atoms with Crippen LogP contribution in [0.25, 0.3) is 0 Å². The number of halogens is 4. The Kier molecular flexibility index (Phi) is 3.97. The van der Waals surface area contributed by atoms with Crippen molar-refractivity contribution < 1.29 is 13.2 Å². The predicted molar refractivity (Wildman–Crippen MR) is 63.8 cm³/mol. The molecule has 1 aromatic rings. The van der Waals surface area contributed by atoms with Crippen LogP contribution in [0, 0.1) is 0 Å². The number of nitrogens with one attached hydrogen (secondary N) is 2. The minimum atomic E-state index is -4.41. The number of pyridine rings is 1. The van der Waals surface area contributed by atoms with Crippen molar-refractivity contribution >= 4 is 17.4 Å². The molecule has 3 nitrogen and oxygen atoms in total. The van der Waals surface area contributed by atoms with Crippen molar-refractivity contribution in [1.29, 1.82) is 0 Å². The van der Waals surface area contributed by atoms with Gasteiger partial charge >= 0.3 is 6.18 Å². The third-order valence-electron chi connectivity index (χ3n) is 2.85. The summed E-state index contributed by atoms with van der Waals surface area (Å²) in [5.74, 6) is 0.316. The molecule has 2 heterocycles. The van der Waals surface area contributed by atoms with Crippen molar-refractivity contribution in [3.63, 3.8) is 0 Å². The molecule has 1 saturated heterocycles. The molecule has 0 saturated carbocycles. The highest BCUT2D eigenvalue weighted by Gasteiger charge is 2.31. The first-order valence-corrected chi connectivity index (χ1v) is 6.04. The van der Waals surface area contributed by atoms with Gasteiger partial charge in [0.2, 0.25) is 0 Å². The summed E-state index contributed by atoms with van der Waals surface area (Å²) in [5, 5.41) is 6.28. The third-order valence-corrected chi connectivity index (χ3v) is 3.14. The molecule has 100 valence electrons. The molecule has 0 aliphatic carbocycles. The third kappa shape index (κ3) is 3.26. The number of hydrogen-bond acceptors (Lipinski definition) is 3. The lowest BCUT2D eigenvalue weighted by atomic mass is 10.1. The lowest BCUT2D eigenvalue weighted by Crippen LogP contribution is -2.35. The Hall–Kier alpha value is -1.01. The Morgan fingerprint density at radius 1 is 1.33 bits per heavy atom. The molecule has 0 radical (unpaired) electrons. The minimum Gasteiger partial charge on any atom is -0.366 e. The van der Waals surface area contributed by atoms with E-state index in [9.17, 15) is 13.2 Å². The molecule has 0 aromatic carbocycles. The van der Waals surface area contributed by atoms with Gasteiger partial charge in [0.1, 0.15) is 5.82 Å². The monoisotopic (exact) mass is 279 g/mol. The van der Waals surface area contributed by atoms with Crippen LogP contribution in [-0.4, -0.2) is 24.1 Å². The van der Waals surface area contributed by atoms with E-state index in [-0.39, 0.29) is 11.1 Å². The van der Waals surface area contributed by atoms with Crippen molar-refractivity contribution in [2.75, 3.05) is 18.4 Å². The average Bonchev–Trinajstić information content (AvgIpc) is 2.32. The van der Waals surface area contributed by atoms with Gasteiger partial charge in [0.25, 0.3) is 0 Å². The second kappa shape index (κ2) is 5.32. The van der Waals surface area contributed by atoms with Gasteiger partial charge in [-0.1, -0.05) is 11.6 Å². The Bertz CT molecular complexity index is 416. The van der Waals surface area contributed by atoms with Crippen LogP contribution in [0.4, 0.5) is 19.0 Å². The quantitative estimate of drug-likeness (QED) is 0.874. The fourth-order valence-corrected chi connectivity index (χ4v) is 2.08. The van der Waals surface area contributed by atoms with Crippen molar-refractivity contribution in [1.82, 2.24) is 10.3 Å². The number of aromatic nitrogens is 1. The summed E-state index contributed by atoms with van der Waals surface area (Å²) >= 11 is 5.81. The van der Waals surface area contributed by atoms with Crippen molar-refractivity contribution in [3.8, 4) is 0 Å². The van der Waals surface area contributed by atoms with E-state index in [1.165, 1.54) is 0 Å². The zero-order chi connectivity index (χ0) is 13.2. The Morgan fingerprint density at radius 2 is 2.00 bits per heavy atom. The summed E-state index contributed by atoms with van der Waals surface area (Å²) < 4.78 is 37.3. The largest absolute Gasteiger partial charge is 0.417 e. The van der Waals surface area contributed by atoms with Gasteiger partial charge < -0.3 is 10.6 Å². The van der Waals surface area contributed by atoms with Crippen LogP contribution in [0.5, 0.6) is 0 Å². The summed E-state index contributed by atoms with van der Waals surface area (Å²) in [5.41, 5.74) is -0.830. The molecule has 0 atom stereocenters. The SMILES string of the molecule is FC(F)(F)c1cnc(NC2CCNCC2)c(Cl)c1. The molecule has 1 fully saturated rings.